The van der Waals surface area contributed by atoms with E-state index < -0.39 is 11.2 Å². The Balaban J connectivity index is 2.05. The fourth-order valence-electron chi connectivity index (χ4n) is 2.65. The molecular formula is C14H17N5O2. The van der Waals surface area contributed by atoms with Gasteiger partial charge in [0.1, 0.15) is 5.69 Å². The Labute approximate surface area is 121 Å². The van der Waals surface area contributed by atoms with Crippen molar-refractivity contribution in [3.63, 3.8) is 0 Å². The lowest BCUT2D eigenvalue weighted by molar-refractivity contribution is 0.659. The van der Waals surface area contributed by atoms with Crippen LogP contribution >= 0.6 is 0 Å². The van der Waals surface area contributed by atoms with Gasteiger partial charge in [-0.2, -0.15) is 5.10 Å². The predicted molar refractivity (Wildman–Crippen MR) is 79.4 cm³/mol. The Morgan fingerprint density at radius 1 is 1.33 bits per heavy atom. The molecular weight excluding hydrogens is 270 g/mol. The topological polar surface area (TPSA) is 94.7 Å². The number of H-pyrrole nitrogens is 2. The fraction of sp³-hybridized carbons (Fsp3) is 0.429. The molecule has 2 N–H and O–H groups in total. The molecule has 7 heteroatoms. The molecule has 1 aliphatic rings. The summed E-state index contributed by atoms with van der Waals surface area (Å²) in [6, 6.07) is 1.86. The predicted octanol–water partition coefficient (Wildman–Crippen LogP) is 0.675. The van der Waals surface area contributed by atoms with Gasteiger partial charge in [0.15, 0.2) is 0 Å². The molecule has 0 spiro atoms. The van der Waals surface area contributed by atoms with E-state index in [1.54, 1.807) is 0 Å². The summed E-state index contributed by atoms with van der Waals surface area (Å²) in [4.78, 5) is 29.9. The highest BCUT2D eigenvalue weighted by Crippen LogP contribution is 2.27. The lowest BCUT2D eigenvalue weighted by Crippen LogP contribution is -2.24. The maximum absolute atomic E-state index is 11.9. The van der Waals surface area contributed by atoms with Crippen LogP contribution in [0, 0.1) is 12.8 Å². The molecule has 110 valence electrons. The first-order chi connectivity index (χ1) is 10.0. The number of rotatable bonds is 2. The van der Waals surface area contributed by atoms with Crippen molar-refractivity contribution in [3.8, 4) is 11.3 Å². The van der Waals surface area contributed by atoms with Crippen LogP contribution in [0.4, 0.5) is 5.69 Å². The van der Waals surface area contributed by atoms with Gasteiger partial charge in [-0.3, -0.25) is 9.78 Å². The molecule has 0 bridgehead atoms. The highest BCUT2D eigenvalue weighted by Gasteiger charge is 2.21. The largest absolute Gasteiger partial charge is 0.370 e. The van der Waals surface area contributed by atoms with Gasteiger partial charge in [-0.1, -0.05) is 6.92 Å². The Morgan fingerprint density at radius 2 is 2.14 bits per heavy atom. The summed E-state index contributed by atoms with van der Waals surface area (Å²) in [6.45, 7) is 6.09. The molecule has 0 saturated carbocycles. The second-order valence-corrected chi connectivity index (χ2v) is 5.53. The number of aromatic nitrogens is 4. The highest BCUT2D eigenvalue weighted by atomic mass is 16.2. The lowest BCUT2D eigenvalue weighted by atomic mass is 10.2. The van der Waals surface area contributed by atoms with Crippen molar-refractivity contribution in [1.82, 2.24) is 20.2 Å². The van der Waals surface area contributed by atoms with Crippen LogP contribution in [-0.4, -0.2) is 33.3 Å². The van der Waals surface area contributed by atoms with Gasteiger partial charge in [0.25, 0.3) is 5.56 Å². The van der Waals surface area contributed by atoms with Crippen molar-refractivity contribution in [2.45, 2.75) is 20.3 Å². The van der Waals surface area contributed by atoms with E-state index in [-0.39, 0.29) is 0 Å². The summed E-state index contributed by atoms with van der Waals surface area (Å²) < 4.78 is 0. The summed E-state index contributed by atoms with van der Waals surface area (Å²) >= 11 is 0. The maximum atomic E-state index is 11.9. The zero-order chi connectivity index (χ0) is 15.0. The van der Waals surface area contributed by atoms with E-state index in [1.807, 2.05) is 13.0 Å². The molecule has 1 aliphatic heterocycles. The molecule has 21 heavy (non-hydrogen) atoms. The van der Waals surface area contributed by atoms with Crippen molar-refractivity contribution >= 4 is 5.69 Å². The van der Waals surface area contributed by atoms with E-state index in [4.69, 9.17) is 0 Å². The van der Waals surface area contributed by atoms with Crippen LogP contribution < -0.4 is 16.1 Å². The number of aromatic amines is 2. The molecule has 1 fully saturated rings. The normalized spacial score (nSPS) is 18.2. The second-order valence-electron chi connectivity index (χ2n) is 5.53. The van der Waals surface area contributed by atoms with Gasteiger partial charge < -0.3 is 9.88 Å². The van der Waals surface area contributed by atoms with E-state index in [0.29, 0.717) is 17.2 Å². The number of nitrogens with one attached hydrogen (secondary N) is 2. The van der Waals surface area contributed by atoms with Crippen LogP contribution in [0.25, 0.3) is 11.3 Å². The standard InChI is InChI=1S/C14H17N5O2/c1-8-3-4-19(7-8)12-5-11(18-17-9(12)2)10-6-15-14(21)16-13(10)20/h5-6,8H,3-4,7H2,1-2H3,(H2,15,16,20,21). The molecule has 1 unspecified atom stereocenters. The van der Waals surface area contributed by atoms with Crippen molar-refractivity contribution in [1.29, 1.82) is 0 Å². The molecule has 3 heterocycles. The Kier molecular flexibility index (Phi) is 3.32. The van der Waals surface area contributed by atoms with Gasteiger partial charge in [0, 0.05) is 19.3 Å². The Bertz CT molecular complexity index is 779. The van der Waals surface area contributed by atoms with Crippen molar-refractivity contribution in [3.05, 3.63) is 38.8 Å². The number of aryl methyl sites for hydroxylation is 1. The SMILES string of the molecule is Cc1nnc(-c2c[nH]c(=O)[nH]c2=O)cc1N1CCC(C)C1. The molecule has 0 amide bonds. The molecule has 2 aromatic heterocycles. The smallest absolute Gasteiger partial charge is 0.325 e. The first-order valence-corrected chi connectivity index (χ1v) is 6.96. The van der Waals surface area contributed by atoms with Gasteiger partial charge in [-0.05, 0) is 25.3 Å². The molecule has 0 aromatic carbocycles. The average Bonchev–Trinajstić information content (AvgIpc) is 2.86. The lowest BCUT2D eigenvalue weighted by Gasteiger charge is -2.20. The molecule has 1 atom stereocenters. The minimum absolute atomic E-state index is 0.315. The summed E-state index contributed by atoms with van der Waals surface area (Å²) in [5, 5.41) is 8.22. The molecule has 0 radical (unpaired) electrons. The zero-order valence-corrected chi connectivity index (χ0v) is 12.0. The van der Waals surface area contributed by atoms with E-state index in [2.05, 4.69) is 32.0 Å². The first-order valence-electron chi connectivity index (χ1n) is 6.96. The molecule has 7 nitrogen and oxygen atoms in total. The maximum Gasteiger partial charge on any atom is 0.325 e. The third kappa shape index (κ3) is 2.58. The summed E-state index contributed by atoms with van der Waals surface area (Å²) in [7, 11) is 0. The number of hydrogen-bond acceptors (Lipinski definition) is 5. The van der Waals surface area contributed by atoms with Crippen LogP contribution in [-0.2, 0) is 0 Å². The molecule has 0 aliphatic carbocycles. The van der Waals surface area contributed by atoms with Gasteiger partial charge in [-0.15, -0.1) is 5.10 Å². The number of hydrogen-bond donors (Lipinski definition) is 2. The fourth-order valence-corrected chi connectivity index (χ4v) is 2.65. The van der Waals surface area contributed by atoms with Crippen LogP contribution in [0.5, 0.6) is 0 Å². The van der Waals surface area contributed by atoms with Gasteiger partial charge >= 0.3 is 5.69 Å². The third-order valence-electron chi connectivity index (χ3n) is 3.81. The van der Waals surface area contributed by atoms with Crippen molar-refractivity contribution in [2.75, 3.05) is 18.0 Å². The van der Waals surface area contributed by atoms with E-state index >= 15 is 0 Å². The van der Waals surface area contributed by atoms with E-state index in [1.165, 1.54) is 6.20 Å². The zero-order valence-electron chi connectivity index (χ0n) is 12.0. The van der Waals surface area contributed by atoms with Gasteiger partial charge in [0.2, 0.25) is 0 Å². The Morgan fingerprint density at radius 3 is 2.81 bits per heavy atom. The molecule has 2 aromatic rings. The van der Waals surface area contributed by atoms with Crippen LogP contribution in [0.2, 0.25) is 0 Å². The van der Waals surface area contributed by atoms with Crippen molar-refractivity contribution < 1.29 is 0 Å². The summed E-state index contributed by atoms with van der Waals surface area (Å²) in [5.41, 5.74) is 1.63. The molecule has 3 rings (SSSR count). The van der Waals surface area contributed by atoms with Gasteiger partial charge in [-0.25, -0.2) is 4.79 Å². The summed E-state index contributed by atoms with van der Waals surface area (Å²) in [5.74, 6) is 0.650. The van der Waals surface area contributed by atoms with Gasteiger partial charge in [0.05, 0.1) is 16.9 Å². The number of anilines is 1. The monoisotopic (exact) mass is 287 g/mol. The van der Waals surface area contributed by atoms with Crippen LogP contribution in [0.15, 0.2) is 21.9 Å². The van der Waals surface area contributed by atoms with Crippen LogP contribution in [0.3, 0.4) is 0 Å². The van der Waals surface area contributed by atoms with E-state index in [0.717, 1.165) is 30.9 Å². The van der Waals surface area contributed by atoms with Crippen LogP contribution in [0.1, 0.15) is 19.0 Å². The quantitative estimate of drug-likeness (QED) is 0.846. The Hall–Kier alpha value is -2.44. The van der Waals surface area contributed by atoms with Crippen molar-refractivity contribution in [2.24, 2.45) is 5.92 Å². The second kappa shape index (κ2) is 5.16. The first kappa shape index (κ1) is 13.5. The third-order valence-corrected chi connectivity index (χ3v) is 3.81. The van der Waals surface area contributed by atoms with E-state index in [9.17, 15) is 9.59 Å². The highest BCUT2D eigenvalue weighted by molar-refractivity contribution is 5.64. The average molecular weight is 287 g/mol. The minimum atomic E-state index is -0.530. The molecule has 1 saturated heterocycles. The number of nitrogens with zero attached hydrogens (tertiary/aromatic N) is 3. The summed E-state index contributed by atoms with van der Waals surface area (Å²) in [6.07, 6.45) is 2.52. The minimum Gasteiger partial charge on any atom is -0.370 e.